The molecule has 0 saturated carbocycles. The fraction of sp³-hybridized carbons (Fsp3) is 0.130. The summed E-state index contributed by atoms with van der Waals surface area (Å²) in [7, 11) is -3.93. The molecule has 0 atom stereocenters. The van der Waals surface area contributed by atoms with Crippen molar-refractivity contribution in [3.63, 3.8) is 0 Å². The molecule has 10 heteroatoms. The van der Waals surface area contributed by atoms with E-state index in [0.29, 0.717) is 23.0 Å². The Labute approximate surface area is 197 Å². The van der Waals surface area contributed by atoms with Crippen molar-refractivity contribution in [1.82, 2.24) is 5.32 Å². The van der Waals surface area contributed by atoms with Crippen molar-refractivity contribution >= 4 is 44.8 Å². The van der Waals surface area contributed by atoms with E-state index in [1.165, 1.54) is 36.4 Å². The van der Waals surface area contributed by atoms with E-state index in [1.54, 1.807) is 43.3 Å². The summed E-state index contributed by atoms with van der Waals surface area (Å²) >= 11 is 5.83. The number of carbonyl (C=O) groups excluding carboxylic acids is 2. The molecule has 0 unspecified atom stereocenters. The van der Waals surface area contributed by atoms with Gasteiger partial charge in [0, 0.05) is 23.3 Å². The zero-order valence-electron chi connectivity index (χ0n) is 17.7. The van der Waals surface area contributed by atoms with Crippen LogP contribution in [0, 0.1) is 0 Å². The van der Waals surface area contributed by atoms with E-state index < -0.39 is 15.9 Å². The summed E-state index contributed by atoms with van der Waals surface area (Å²) in [5.74, 6) is -0.380. The summed E-state index contributed by atoms with van der Waals surface area (Å²) in [6.45, 7) is 2.15. The molecule has 3 N–H and O–H groups in total. The Hall–Kier alpha value is -3.56. The smallest absolute Gasteiger partial charge is 0.261 e. The number of benzene rings is 3. The van der Waals surface area contributed by atoms with Crippen LogP contribution in [0.3, 0.4) is 0 Å². The van der Waals surface area contributed by atoms with E-state index in [0.717, 1.165) is 0 Å². The Morgan fingerprint density at radius 3 is 2.42 bits per heavy atom. The number of likely N-dealkylation sites (N-methyl/N-ethyl adjacent to an activating group) is 1. The van der Waals surface area contributed by atoms with Crippen LogP contribution in [-0.4, -0.2) is 33.4 Å². The zero-order chi connectivity index (χ0) is 23.8. The summed E-state index contributed by atoms with van der Waals surface area (Å²) < 4.78 is 33.3. The lowest BCUT2D eigenvalue weighted by molar-refractivity contribution is -0.122. The fourth-order valence-electron chi connectivity index (χ4n) is 2.85. The molecule has 0 aliphatic rings. The second kappa shape index (κ2) is 10.8. The second-order valence-electron chi connectivity index (χ2n) is 6.83. The maximum absolute atomic E-state index is 12.9. The van der Waals surface area contributed by atoms with Gasteiger partial charge in [-0.3, -0.25) is 14.3 Å². The lowest BCUT2D eigenvalue weighted by Crippen LogP contribution is -2.28. The minimum absolute atomic E-state index is 0.0130. The van der Waals surface area contributed by atoms with Gasteiger partial charge in [-0.05, 0) is 55.5 Å². The Morgan fingerprint density at radius 2 is 1.70 bits per heavy atom. The molecule has 0 spiro atoms. The van der Waals surface area contributed by atoms with Crippen LogP contribution in [-0.2, 0) is 14.8 Å². The van der Waals surface area contributed by atoms with Crippen LogP contribution in [0.1, 0.15) is 17.3 Å². The lowest BCUT2D eigenvalue weighted by atomic mass is 10.1. The van der Waals surface area contributed by atoms with Crippen LogP contribution in [0.2, 0.25) is 5.02 Å². The fourth-order valence-corrected chi connectivity index (χ4v) is 4.05. The number of nitrogens with one attached hydrogen (secondary N) is 3. The van der Waals surface area contributed by atoms with E-state index >= 15 is 0 Å². The molecule has 3 rings (SSSR count). The number of rotatable bonds is 9. The Bertz CT molecular complexity index is 1250. The molecule has 172 valence electrons. The second-order valence-corrected chi connectivity index (χ2v) is 8.95. The molecule has 0 aliphatic heterocycles. The monoisotopic (exact) mass is 487 g/mol. The van der Waals surface area contributed by atoms with Gasteiger partial charge in [0.1, 0.15) is 5.75 Å². The Morgan fingerprint density at radius 1 is 0.970 bits per heavy atom. The molecule has 0 fully saturated rings. The van der Waals surface area contributed by atoms with E-state index in [9.17, 15) is 18.0 Å². The SMILES string of the molecule is CCNC(=O)COc1cccc(NC(=O)c2ccccc2NS(=O)(=O)c2ccc(Cl)cc2)c1. The van der Waals surface area contributed by atoms with Crippen LogP contribution in [0.15, 0.2) is 77.7 Å². The molecule has 0 aromatic heterocycles. The summed E-state index contributed by atoms with van der Waals surface area (Å²) in [4.78, 5) is 24.5. The molecular weight excluding hydrogens is 466 g/mol. The number of amides is 2. The van der Waals surface area contributed by atoms with Crippen molar-refractivity contribution in [3.8, 4) is 5.75 Å². The van der Waals surface area contributed by atoms with Crippen molar-refractivity contribution in [2.45, 2.75) is 11.8 Å². The van der Waals surface area contributed by atoms with Gasteiger partial charge in [-0.1, -0.05) is 29.8 Å². The average Bonchev–Trinajstić information content (AvgIpc) is 2.78. The standard InChI is InChI=1S/C23H22ClN3O5S/c1-2-25-22(28)15-32-18-7-5-6-17(14-18)26-23(29)20-8-3-4-9-21(20)27-33(30,31)19-12-10-16(24)11-13-19/h3-14,27H,2,15H2,1H3,(H,25,28)(H,26,29). The Kier molecular flexibility index (Phi) is 7.92. The van der Waals surface area contributed by atoms with Gasteiger partial charge >= 0.3 is 0 Å². The molecule has 33 heavy (non-hydrogen) atoms. The number of hydrogen-bond acceptors (Lipinski definition) is 5. The highest BCUT2D eigenvalue weighted by molar-refractivity contribution is 7.92. The molecule has 3 aromatic rings. The summed E-state index contributed by atoms with van der Waals surface area (Å²) in [6, 6.07) is 18.5. The number of halogens is 1. The number of ether oxygens (including phenoxy) is 1. The highest BCUT2D eigenvalue weighted by Gasteiger charge is 2.19. The summed E-state index contributed by atoms with van der Waals surface area (Å²) in [5.41, 5.74) is 0.668. The maximum Gasteiger partial charge on any atom is 0.261 e. The number of sulfonamides is 1. The van der Waals surface area contributed by atoms with Gasteiger partial charge in [0.15, 0.2) is 6.61 Å². The first kappa shape index (κ1) is 24.1. The van der Waals surface area contributed by atoms with Crippen molar-refractivity contribution in [2.24, 2.45) is 0 Å². The van der Waals surface area contributed by atoms with Crippen molar-refractivity contribution in [3.05, 3.63) is 83.4 Å². The first-order valence-electron chi connectivity index (χ1n) is 9.97. The first-order chi connectivity index (χ1) is 15.8. The third-order valence-corrected chi connectivity index (χ3v) is 6.01. The molecule has 0 aliphatic carbocycles. The molecule has 0 radical (unpaired) electrons. The topological polar surface area (TPSA) is 114 Å². The molecule has 0 heterocycles. The van der Waals surface area contributed by atoms with E-state index in [1.807, 2.05) is 0 Å². The molecule has 0 bridgehead atoms. The first-order valence-corrected chi connectivity index (χ1v) is 11.8. The largest absolute Gasteiger partial charge is 0.484 e. The molecule has 2 amide bonds. The average molecular weight is 488 g/mol. The maximum atomic E-state index is 12.9. The summed E-state index contributed by atoms with van der Waals surface area (Å²) in [5, 5.41) is 5.75. The quantitative estimate of drug-likeness (QED) is 0.423. The van der Waals surface area contributed by atoms with Gasteiger partial charge in [0.05, 0.1) is 16.1 Å². The number of para-hydroxylation sites is 1. The van der Waals surface area contributed by atoms with Crippen LogP contribution in [0.5, 0.6) is 5.75 Å². The molecular formula is C23H22ClN3O5S. The zero-order valence-corrected chi connectivity index (χ0v) is 19.2. The van der Waals surface area contributed by atoms with Crippen molar-refractivity contribution in [1.29, 1.82) is 0 Å². The minimum atomic E-state index is -3.93. The third-order valence-electron chi connectivity index (χ3n) is 4.38. The number of hydrogen-bond donors (Lipinski definition) is 3. The number of anilines is 2. The van der Waals surface area contributed by atoms with Crippen molar-refractivity contribution in [2.75, 3.05) is 23.2 Å². The van der Waals surface area contributed by atoms with E-state index in [4.69, 9.17) is 16.3 Å². The van der Waals surface area contributed by atoms with Crippen LogP contribution >= 0.6 is 11.6 Å². The van der Waals surface area contributed by atoms with Crippen LogP contribution < -0.4 is 20.1 Å². The van der Waals surface area contributed by atoms with Crippen LogP contribution in [0.4, 0.5) is 11.4 Å². The van der Waals surface area contributed by atoms with Gasteiger partial charge < -0.3 is 15.4 Å². The lowest BCUT2D eigenvalue weighted by Gasteiger charge is -2.13. The van der Waals surface area contributed by atoms with Gasteiger partial charge in [0.2, 0.25) is 0 Å². The minimum Gasteiger partial charge on any atom is -0.484 e. The molecule has 0 saturated heterocycles. The molecule has 3 aromatic carbocycles. The van der Waals surface area contributed by atoms with Gasteiger partial charge in [-0.2, -0.15) is 0 Å². The highest BCUT2D eigenvalue weighted by atomic mass is 35.5. The Balaban J connectivity index is 1.75. The normalized spacial score (nSPS) is 10.8. The van der Waals surface area contributed by atoms with Gasteiger partial charge in [-0.15, -0.1) is 0 Å². The van der Waals surface area contributed by atoms with E-state index in [2.05, 4.69) is 15.4 Å². The van der Waals surface area contributed by atoms with Crippen LogP contribution in [0.25, 0.3) is 0 Å². The predicted octanol–water partition coefficient (Wildman–Crippen LogP) is 3.91. The number of carbonyl (C=O) groups is 2. The van der Waals surface area contributed by atoms with Gasteiger partial charge in [0.25, 0.3) is 21.8 Å². The summed E-state index contributed by atoms with van der Waals surface area (Å²) in [6.07, 6.45) is 0. The molecule has 8 nitrogen and oxygen atoms in total. The van der Waals surface area contributed by atoms with Crippen molar-refractivity contribution < 1.29 is 22.7 Å². The van der Waals surface area contributed by atoms with E-state index in [-0.39, 0.29) is 28.7 Å². The van der Waals surface area contributed by atoms with Gasteiger partial charge in [-0.25, -0.2) is 8.42 Å². The highest BCUT2D eigenvalue weighted by Crippen LogP contribution is 2.23. The third kappa shape index (κ3) is 6.71. The predicted molar refractivity (Wildman–Crippen MR) is 127 cm³/mol.